The van der Waals surface area contributed by atoms with Gasteiger partial charge in [-0.05, 0) is 6.42 Å². The summed E-state index contributed by atoms with van der Waals surface area (Å²) < 4.78 is 26.1. The number of carbonyl (C=O) groups is 1. The van der Waals surface area contributed by atoms with Gasteiger partial charge in [-0.3, -0.25) is 4.52 Å². The van der Waals surface area contributed by atoms with Crippen LogP contribution in [0.1, 0.15) is 135 Å². The molecule has 9 heteroatoms. The molecular weight excluding hydrogens is 493 g/mol. The number of ether oxygens (including phenoxy) is 2. The standard InChI is InChI=1S/C28H58NO7P/c1-4-5-6-7-8-9-10-11-12-13-14-15-16-17-18-19-20-21-22-23-24-34-25-27(26-35-37(31,32)33)36-28(30)29(2)3/h27H,4-26H2,1-3H3,(H2,31,32,33)/t27-/m1/s1. The number of rotatable bonds is 27. The van der Waals surface area contributed by atoms with Crippen molar-refractivity contribution < 1.29 is 33.1 Å². The van der Waals surface area contributed by atoms with E-state index >= 15 is 0 Å². The van der Waals surface area contributed by atoms with Crippen molar-refractivity contribution >= 4 is 13.9 Å². The van der Waals surface area contributed by atoms with Crippen LogP contribution in [0.5, 0.6) is 0 Å². The SMILES string of the molecule is CCCCCCCCCCCCCCCCCCCCCCOC[C@H](COP(=O)(O)O)OC(=O)N(C)C. The first kappa shape index (κ1) is 36.3. The van der Waals surface area contributed by atoms with Gasteiger partial charge < -0.3 is 24.2 Å². The maximum Gasteiger partial charge on any atom is 0.469 e. The second-order valence-electron chi connectivity index (χ2n) is 10.5. The third-order valence-corrected chi connectivity index (χ3v) is 6.99. The number of phosphoric acid groups is 1. The van der Waals surface area contributed by atoms with Gasteiger partial charge in [-0.1, -0.05) is 129 Å². The highest BCUT2D eigenvalue weighted by molar-refractivity contribution is 7.46. The molecule has 2 N–H and O–H groups in total. The topological polar surface area (TPSA) is 106 Å². The summed E-state index contributed by atoms with van der Waals surface area (Å²) in [5.74, 6) is 0. The highest BCUT2D eigenvalue weighted by Gasteiger charge is 2.22. The van der Waals surface area contributed by atoms with Gasteiger partial charge in [0.1, 0.15) is 0 Å². The van der Waals surface area contributed by atoms with Crippen LogP contribution < -0.4 is 0 Å². The van der Waals surface area contributed by atoms with Crippen molar-refractivity contribution in [1.82, 2.24) is 4.90 Å². The second kappa shape index (κ2) is 25.6. The summed E-state index contributed by atoms with van der Waals surface area (Å²) in [4.78, 5) is 30.7. The molecule has 0 unspecified atom stereocenters. The predicted octanol–water partition coefficient (Wildman–Crippen LogP) is 8.00. The van der Waals surface area contributed by atoms with Crippen LogP contribution in [0.4, 0.5) is 4.79 Å². The summed E-state index contributed by atoms with van der Waals surface area (Å²) in [5, 5.41) is 0. The number of phosphoric ester groups is 1. The monoisotopic (exact) mass is 551 g/mol. The van der Waals surface area contributed by atoms with Crippen LogP contribution in [0.3, 0.4) is 0 Å². The Morgan fingerprint density at radius 1 is 0.676 bits per heavy atom. The van der Waals surface area contributed by atoms with Gasteiger partial charge in [0.25, 0.3) is 0 Å². The molecule has 0 bridgehead atoms. The molecule has 0 saturated carbocycles. The quantitative estimate of drug-likeness (QED) is 0.0787. The highest BCUT2D eigenvalue weighted by Crippen LogP contribution is 2.35. The van der Waals surface area contributed by atoms with Crippen LogP contribution in [0.25, 0.3) is 0 Å². The van der Waals surface area contributed by atoms with Gasteiger partial charge >= 0.3 is 13.9 Å². The van der Waals surface area contributed by atoms with Crippen molar-refractivity contribution in [2.24, 2.45) is 0 Å². The Hall–Kier alpha value is -0.660. The normalized spacial score (nSPS) is 12.6. The molecule has 0 aromatic heterocycles. The smallest absolute Gasteiger partial charge is 0.441 e. The summed E-state index contributed by atoms with van der Waals surface area (Å²) in [6, 6.07) is 0. The molecule has 0 saturated heterocycles. The third kappa shape index (κ3) is 28.2. The van der Waals surface area contributed by atoms with Gasteiger partial charge in [-0.25, -0.2) is 9.36 Å². The Labute approximate surface area is 227 Å². The zero-order valence-corrected chi connectivity index (χ0v) is 25.1. The van der Waals surface area contributed by atoms with E-state index in [2.05, 4.69) is 11.4 Å². The Balaban J connectivity index is 3.47. The molecule has 0 rings (SSSR count). The fraction of sp³-hybridized carbons (Fsp3) is 0.964. The second-order valence-corrected chi connectivity index (χ2v) is 11.7. The Morgan fingerprint density at radius 3 is 1.41 bits per heavy atom. The number of hydrogen-bond acceptors (Lipinski definition) is 5. The number of amides is 1. The van der Waals surface area contributed by atoms with Gasteiger partial charge in [0.15, 0.2) is 6.10 Å². The Kier molecular flexibility index (Phi) is 25.2. The molecule has 0 aliphatic rings. The lowest BCUT2D eigenvalue weighted by molar-refractivity contribution is -0.0156. The van der Waals surface area contributed by atoms with Crippen molar-refractivity contribution in [2.45, 2.75) is 141 Å². The largest absolute Gasteiger partial charge is 0.469 e. The van der Waals surface area contributed by atoms with Crippen LogP contribution in [0.15, 0.2) is 0 Å². The Bertz CT molecular complexity index is 557. The summed E-state index contributed by atoms with van der Waals surface area (Å²) in [6.45, 7) is 2.42. The molecule has 0 heterocycles. The first-order valence-corrected chi connectivity index (χ1v) is 16.4. The molecule has 0 aliphatic carbocycles. The van der Waals surface area contributed by atoms with E-state index in [9.17, 15) is 9.36 Å². The average molecular weight is 552 g/mol. The fourth-order valence-corrected chi connectivity index (χ4v) is 4.58. The van der Waals surface area contributed by atoms with E-state index in [1.807, 2.05) is 0 Å². The first-order chi connectivity index (χ1) is 17.8. The third-order valence-electron chi connectivity index (χ3n) is 6.51. The van der Waals surface area contributed by atoms with Crippen LogP contribution in [-0.4, -0.2) is 60.8 Å². The molecule has 8 nitrogen and oxygen atoms in total. The fourth-order valence-electron chi connectivity index (χ4n) is 4.22. The van der Waals surface area contributed by atoms with E-state index in [1.54, 1.807) is 0 Å². The molecule has 222 valence electrons. The molecule has 37 heavy (non-hydrogen) atoms. The molecule has 1 amide bonds. The van der Waals surface area contributed by atoms with Crippen molar-refractivity contribution in [3.8, 4) is 0 Å². The average Bonchev–Trinajstić information content (AvgIpc) is 2.84. The van der Waals surface area contributed by atoms with Gasteiger partial charge in [-0.2, -0.15) is 0 Å². The highest BCUT2D eigenvalue weighted by atomic mass is 31.2. The number of hydrogen-bond donors (Lipinski definition) is 2. The molecule has 0 radical (unpaired) electrons. The summed E-state index contributed by atoms with van der Waals surface area (Å²) in [6.07, 6.45) is 25.2. The molecule has 0 fully saturated rings. The van der Waals surface area contributed by atoms with Gasteiger partial charge in [0.05, 0.1) is 13.2 Å². The van der Waals surface area contributed by atoms with E-state index in [0.717, 1.165) is 12.8 Å². The minimum atomic E-state index is -4.63. The summed E-state index contributed by atoms with van der Waals surface area (Å²) >= 11 is 0. The maximum atomic E-state index is 11.7. The summed E-state index contributed by atoms with van der Waals surface area (Å²) in [7, 11) is -1.57. The van der Waals surface area contributed by atoms with Gasteiger partial charge in [0, 0.05) is 20.7 Å². The van der Waals surface area contributed by atoms with Crippen LogP contribution in [0, 0.1) is 0 Å². The van der Waals surface area contributed by atoms with Crippen LogP contribution in [-0.2, 0) is 18.6 Å². The van der Waals surface area contributed by atoms with E-state index in [0.29, 0.717) is 6.61 Å². The van der Waals surface area contributed by atoms with Crippen molar-refractivity contribution in [3.05, 3.63) is 0 Å². The lowest BCUT2D eigenvalue weighted by Gasteiger charge is -2.20. The lowest BCUT2D eigenvalue weighted by atomic mass is 10.0. The van der Waals surface area contributed by atoms with E-state index in [4.69, 9.17) is 19.3 Å². The van der Waals surface area contributed by atoms with Crippen molar-refractivity contribution in [3.63, 3.8) is 0 Å². The lowest BCUT2D eigenvalue weighted by Crippen LogP contribution is -2.33. The minimum Gasteiger partial charge on any atom is -0.441 e. The Morgan fingerprint density at radius 2 is 1.05 bits per heavy atom. The molecule has 0 aromatic rings. The molecule has 0 aromatic carbocycles. The first-order valence-electron chi connectivity index (χ1n) is 14.9. The number of carbonyl (C=O) groups excluding carboxylic acids is 1. The van der Waals surface area contributed by atoms with E-state index < -0.39 is 26.6 Å². The molecule has 0 aliphatic heterocycles. The molecular formula is C28H58NO7P. The molecule has 0 spiro atoms. The zero-order valence-electron chi connectivity index (χ0n) is 24.2. The maximum absolute atomic E-state index is 11.7. The number of nitrogens with zero attached hydrogens (tertiary/aromatic N) is 1. The minimum absolute atomic E-state index is 0.0404. The zero-order chi connectivity index (χ0) is 27.6. The van der Waals surface area contributed by atoms with Crippen molar-refractivity contribution in [1.29, 1.82) is 0 Å². The molecule has 1 atom stereocenters. The summed E-state index contributed by atoms with van der Waals surface area (Å²) in [5.41, 5.74) is 0. The predicted molar refractivity (Wildman–Crippen MR) is 151 cm³/mol. The van der Waals surface area contributed by atoms with Crippen LogP contribution >= 0.6 is 7.82 Å². The van der Waals surface area contributed by atoms with Crippen LogP contribution in [0.2, 0.25) is 0 Å². The van der Waals surface area contributed by atoms with E-state index in [1.165, 1.54) is 135 Å². The van der Waals surface area contributed by atoms with Gasteiger partial charge in [-0.15, -0.1) is 0 Å². The van der Waals surface area contributed by atoms with E-state index in [-0.39, 0.29) is 6.61 Å². The van der Waals surface area contributed by atoms with Gasteiger partial charge in [0.2, 0.25) is 0 Å². The number of unbranched alkanes of at least 4 members (excludes halogenated alkanes) is 19. The van der Waals surface area contributed by atoms with Crippen molar-refractivity contribution in [2.75, 3.05) is 33.9 Å².